The third-order valence-corrected chi connectivity index (χ3v) is 7.51. The topological polar surface area (TPSA) is 6.48 Å². The quantitative estimate of drug-likeness (QED) is 0.228. The molecule has 38 heavy (non-hydrogen) atoms. The van der Waals surface area contributed by atoms with Gasteiger partial charge in [-0.25, -0.2) is 0 Å². The predicted molar refractivity (Wildman–Crippen MR) is 169 cm³/mol. The van der Waals surface area contributed by atoms with Crippen LogP contribution in [-0.2, 0) is 0 Å². The summed E-state index contributed by atoms with van der Waals surface area (Å²) in [6.45, 7) is 13.2. The first kappa shape index (κ1) is 27.3. The Morgan fingerprint density at radius 3 is 1.92 bits per heavy atom. The van der Waals surface area contributed by atoms with E-state index in [0.29, 0.717) is 0 Å². The molecule has 0 unspecified atom stereocenters. The van der Waals surface area contributed by atoms with E-state index in [2.05, 4.69) is 125 Å². The van der Waals surface area contributed by atoms with Crippen LogP contribution in [0.25, 0.3) is 11.6 Å². The molecule has 0 saturated heterocycles. The van der Waals surface area contributed by atoms with E-state index in [4.69, 9.17) is 11.6 Å². The summed E-state index contributed by atoms with van der Waals surface area (Å²) in [5, 5.41) is 0.739. The van der Waals surface area contributed by atoms with E-state index in [0.717, 1.165) is 39.5 Å². The summed E-state index contributed by atoms with van der Waals surface area (Å²) in [4.78, 5) is 4.45. The molecule has 2 nitrogen and oxygen atoms in total. The van der Waals surface area contributed by atoms with Crippen molar-refractivity contribution < 1.29 is 0 Å². The van der Waals surface area contributed by atoms with Crippen LogP contribution in [0.15, 0.2) is 91.5 Å². The largest absolute Gasteiger partial charge is 0.345 e. The number of rotatable bonds is 8. The summed E-state index contributed by atoms with van der Waals surface area (Å²) in [7, 11) is 4.21. The maximum atomic E-state index is 6.06. The second kappa shape index (κ2) is 11.8. The van der Waals surface area contributed by atoms with Gasteiger partial charge in [0.05, 0.1) is 0 Å². The average Bonchev–Trinajstić information content (AvgIpc) is 2.93. The van der Waals surface area contributed by atoms with Gasteiger partial charge in [0.2, 0.25) is 0 Å². The third-order valence-electron chi connectivity index (χ3n) is 7.26. The lowest BCUT2D eigenvalue weighted by Gasteiger charge is -2.25. The lowest BCUT2D eigenvalue weighted by molar-refractivity contribution is 1.16. The Hall–Kier alpha value is -3.75. The molecule has 0 saturated carbocycles. The van der Waals surface area contributed by atoms with Crippen molar-refractivity contribution in [1.29, 1.82) is 0 Å². The molecule has 0 aliphatic heterocycles. The van der Waals surface area contributed by atoms with Crippen LogP contribution >= 0.6 is 11.6 Å². The number of nitrogens with zero attached hydrogens (tertiary/aromatic N) is 2. The lowest BCUT2D eigenvalue weighted by atomic mass is 9.96. The Kier molecular flexibility index (Phi) is 8.44. The standard InChI is InChI=1S/C35H37ClN2/c1-8-9-10-30-23-29(13-20-34(30)38(7)35-22-25(3)24(2)21-26(35)4)27(5)28-11-16-32(17-12-28)37(6)33-18-14-31(36)15-19-33/h9-23H,5,8H2,1-4,6-7H3. The minimum absolute atomic E-state index is 0.739. The normalized spacial score (nSPS) is 11.1. The monoisotopic (exact) mass is 520 g/mol. The zero-order valence-corrected chi connectivity index (χ0v) is 24.1. The van der Waals surface area contributed by atoms with E-state index in [1.54, 1.807) is 0 Å². The molecule has 0 spiro atoms. The van der Waals surface area contributed by atoms with Crippen molar-refractivity contribution in [1.82, 2.24) is 0 Å². The Balaban J connectivity index is 1.63. The number of anilines is 4. The van der Waals surface area contributed by atoms with Crippen LogP contribution in [0.5, 0.6) is 0 Å². The van der Waals surface area contributed by atoms with E-state index in [-0.39, 0.29) is 0 Å². The van der Waals surface area contributed by atoms with Crippen molar-refractivity contribution in [2.75, 3.05) is 23.9 Å². The maximum absolute atomic E-state index is 6.06. The summed E-state index contributed by atoms with van der Waals surface area (Å²) in [5.41, 5.74) is 12.9. The molecule has 0 bridgehead atoms. The fraction of sp³-hybridized carbons (Fsp3) is 0.200. The molecular weight excluding hydrogens is 484 g/mol. The molecule has 0 aliphatic rings. The molecule has 0 fully saturated rings. The number of halogens is 1. The fourth-order valence-electron chi connectivity index (χ4n) is 4.73. The predicted octanol–water partition coefficient (Wildman–Crippen LogP) is 10.3. The Bertz CT molecular complexity index is 1460. The number of allylic oxidation sites excluding steroid dienone is 1. The first-order valence-electron chi connectivity index (χ1n) is 13.1. The van der Waals surface area contributed by atoms with Crippen molar-refractivity contribution in [2.24, 2.45) is 0 Å². The first-order chi connectivity index (χ1) is 18.2. The fourth-order valence-corrected chi connectivity index (χ4v) is 4.86. The molecule has 3 heteroatoms. The molecule has 4 rings (SSSR count). The molecule has 0 atom stereocenters. The van der Waals surface area contributed by atoms with Gasteiger partial charge >= 0.3 is 0 Å². The second-order valence-corrected chi connectivity index (χ2v) is 10.4. The van der Waals surface area contributed by atoms with Crippen molar-refractivity contribution in [3.05, 3.63) is 130 Å². The van der Waals surface area contributed by atoms with E-state index in [9.17, 15) is 0 Å². The van der Waals surface area contributed by atoms with Gasteiger partial charge in [0.15, 0.2) is 0 Å². The van der Waals surface area contributed by atoms with Crippen molar-refractivity contribution in [2.45, 2.75) is 34.1 Å². The van der Waals surface area contributed by atoms with Gasteiger partial charge < -0.3 is 9.80 Å². The van der Waals surface area contributed by atoms with Crippen LogP contribution in [0.1, 0.15) is 46.7 Å². The molecule has 0 amide bonds. The number of hydrogen-bond acceptors (Lipinski definition) is 2. The Morgan fingerprint density at radius 1 is 0.711 bits per heavy atom. The van der Waals surface area contributed by atoms with E-state index in [1.807, 2.05) is 24.3 Å². The van der Waals surface area contributed by atoms with Crippen molar-refractivity contribution >= 4 is 46.0 Å². The van der Waals surface area contributed by atoms with E-state index in [1.165, 1.54) is 33.6 Å². The average molecular weight is 521 g/mol. The lowest BCUT2D eigenvalue weighted by Crippen LogP contribution is -2.13. The smallest absolute Gasteiger partial charge is 0.0482 e. The highest BCUT2D eigenvalue weighted by Crippen LogP contribution is 2.35. The number of aryl methyl sites for hydroxylation is 3. The molecular formula is C35H37ClN2. The summed E-state index contributed by atoms with van der Waals surface area (Å²) in [5.74, 6) is 0. The summed E-state index contributed by atoms with van der Waals surface area (Å²) in [6.07, 6.45) is 5.43. The van der Waals surface area contributed by atoms with E-state index >= 15 is 0 Å². The van der Waals surface area contributed by atoms with Gasteiger partial charge in [0.1, 0.15) is 0 Å². The maximum Gasteiger partial charge on any atom is 0.0482 e. The molecule has 0 aromatic heterocycles. The SMILES string of the molecule is C=C(c1ccc(N(C)c2ccc(Cl)cc2)cc1)c1ccc(N(C)c2cc(C)c(C)cc2C)c(C=CCC)c1. The van der Waals surface area contributed by atoms with Gasteiger partial charge in [0.25, 0.3) is 0 Å². The minimum Gasteiger partial charge on any atom is -0.345 e. The van der Waals surface area contributed by atoms with Gasteiger partial charge in [-0.1, -0.05) is 61.5 Å². The van der Waals surface area contributed by atoms with Crippen LogP contribution in [0, 0.1) is 20.8 Å². The highest BCUT2D eigenvalue weighted by atomic mass is 35.5. The zero-order valence-electron chi connectivity index (χ0n) is 23.3. The molecule has 4 aromatic carbocycles. The van der Waals surface area contributed by atoms with Gasteiger partial charge in [0, 0.05) is 41.9 Å². The van der Waals surface area contributed by atoms with E-state index < -0.39 is 0 Å². The molecule has 194 valence electrons. The van der Waals surface area contributed by atoms with Crippen LogP contribution in [-0.4, -0.2) is 14.1 Å². The van der Waals surface area contributed by atoms with Crippen molar-refractivity contribution in [3.63, 3.8) is 0 Å². The van der Waals surface area contributed by atoms with Crippen LogP contribution in [0.3, 0.4) is 0 Å². The molecule has 0 aliphatic carbocycles. The molecule has 0 N–H and O–H groups in total. The summed E-state index contributed by atoms with van der Waals surface area (Å²) >= 11 is 6.06. The third kappa shape index (κ3) is 5.87. The van der Waals surface area contributed by atoms with Gasteiger partial charge in [-0.3, -0.25) is 0 Å². The van der Waals surface area contributed by atoms with Gasteiger partial charge in [-0.15, -0.1) is 0 Å². The van der Waals surface area contributed by atoms with Crippen LogP contribution in [0.4, 0.5) is 22.7 Å². The van der Waals surface area contributed by atoms with Gasteiger partial charge in [-0.05, 0) is 121 Å². The molecule has 0 radical (unpaired) electrons. The Morgan fingerprint density at radius 2 is 1.29 bits per heavy atom. The second-order valence-electron chi connectivity index (χ2n) is 9.93. The minimum atomic E-state index is 0.739. The summed E-state index contributed by atoms with van der Waals surface area (Å²) < 4.78 is 0. The molecule has 0 heterocycles. The summed E-state index contributed by atoms with van der Waals surface area (Å²) in [6, 6.07) is 27.6. The number of hydrogen-bond donors (Lipinski definition) is 0. The van der Waals surface area contributed by atoms with Crippen LogP contribution < -0.4 is 9.80 Å². The Labute approximate surface area is 233 Å². The number of benzene rings is 4. The highest BCUT2D eigenvalue weighted by molar-refractivity contribution is 6.30. The first-order valence-corrected chi connectivity index (χ1v) is 13.5. The zero-order chi connectivity index (χ0) is 27.4. The van der Waals surface area contributed by atoms with Gasteiger partial charge in [-0.2, -0.15) is 0 Å². The highest BCUT2D eigenvalue weighted by Gasteiger charge is 2.14. The van der Waals surface area contributed by atoms with Crippen LogP contribution in [0.2, 0.25) is 5.02 Å². The molecule has 4 aromatic rings. The van der Waals surface area contributed by atoms with Crippen molar-refractivity contribution in [3.8, 4) is 0 Å².